The molecule has 0 amide bonds. The molecule has 0 radical (unpaired) electrons. The summed E-state index contributed by atoms with van der Waals surface area (Å²) in [6.07, 6.45) is 5.39. The number of carbonyl (C=O) groups is 1. The smallest absolute Gasteiger partial charge is 0.250 e. The van der Waals surface area contributed by atoms with Crippen LogP contribution < -0.4 is 0 Å². The summed E-state index contributed by atoms with van der Waals surface area (Å²) in [6, 6.07) is 0. The third-order valence-electron chi connectivity index (χ3n) is 6.42. The van der Waals surface area contributed by atoms with Crippen molar-refractivity contribution in [3.63, 3.8) is 0 Å². The van der Waals surface area contributed by atoms with E-state index >= 15 is 0 Å². The van der Waals surface area contributed by atoms with E-state index in [4.69, 9.17) is 16.3 Å². The number of carbonyl (C=O) groups excluding carboxylic acids is 1. The molecular formula is C19H35ClO2. The van der Waals surface area contributed by atoms with Crippen molar-refractivity contribution in [1.82, 2.24) is 0 Å². The molecule has 1 aliphatic rings. The fourth-order valence-corrected chi connectivity index (χ4v) is 3.76. The summed E-state index contributed by atoms with van der Waals surface area (Å²) in [5.41, 5.74) is 0.600. The highest BCUT2D eigenvalue weighted by Crippen LogP contribution is 2.49. The van der Waals surface area contributed by atoms with E-state index in [0.29, 0.717) is 11.3 Å². The Balaban J connectivity index is 2.93. The molecule has 1 fully saturated rings. The van der Waals surface area contributed by atoms with Crippen LogP contribution in [0.5, 0.6) is 0 Å². The minimum absolute atomic E-state index is 0.150. The van der Waals surface area contributed by atoms with Crippen LogP contribution in [0.25, 0.3) is 0 Å². The highest BCUT2D eigenvalue weighted by Gasteiger charge is 2.44. The largest absolute Gasteiger partial charge is 0.366 e. The second-order valence-corrected chi connectivity index (χ2v) is 8.79. The zero-order chi connectivity index (χ0) is 17.1. The first kappa shape index (κ1) is 20.0. The number of rotatable bonds is 7. The number of hydrogen-bond acceptors (Lipinski definition) is 2. The van der Waals surface area contributed by atoms with Crippen molar-refractivity contribution in [2.75, 3.05) is 0 Å². The average molecular weight is 331 g/mol. The van der Waals surface area contributed by atoms with E-state index in [1.54, 1.807) is 6.92 Å². The van der Waals surface area contributed by atoms with Crippen molar-refractivity contribution in [2.24, 2.45) is 22.7 Å². The molecular weight excluding hydrogens is 296 g/mol. The lowest BCUT2D eigenvalue weighted by molar-refractivity contribution is -0.137. The van der Waals surface area contributed by atoms with Gasteiger partial charge in [-0.3, -0.25) is 4.79 Å². The molecule has 0 saturated heterocycles. The fourth-order valence-electron chi connectivity index (χ4n) is 3.70. The minimum atomic E-state index is -0.502. The molecule has 0 heterocycles. The Bertz CT molecular complexity index is 376. The van der Waals surface area contributed by atoms with Crippen molar-refractivity contribution in [3.05, 3.63) is 0 Å². The van der Waals surface area contributed by atoms with Gasteiger partial charge in [0.15, 0.2) is 0 Å². The van der Waals surface area contributed by atoms with Crippen molar-refractivity contribution in [3.8, 4) is 0 Å². The van der Waals surface area contributed by atoms with Gasteiger partial charge in [-0.1, -0.05) is 54.4 Å². The van der Waals surface area contributed by atoms with E-state index in [2.05, 4.69) is 41.5 Å². The van der Waals surface area contributed by atoms with E-state index < -0.39 is 6.10 Å². The van der Waals surface area contributed by atoms with Gasteiger partial charge in [0, 0.05) is 0 Å². The first-order valence-corrected chi connectivity index (χ1v) is 9.27. The van der Waals surface area contributed by atoms with Gasteiger partial charge in [-0.15, -0.1) is 0 Å². The summed E-state index contributed by atoms with van der Waals surface area (Å²) in [5, 5.41) is -0.385. The van der Waals surface area contributed by atoms with Crippen molar-refractivity contribution in [2.45, 2.75) is 92.8 Å². The maximum absolute atomic E-state index is 11.4. The lowest BCUT2D eigenvalue weighted by Crippen LogP contribution is -2.45. The third-order valence-corrected chi connectivity index (χ3v) is 6.72. The first-order valence-electron chi connectivity index (χ1n) is 8.90. The third kappa shape index (κ3) is 4.71. The molecule has 0 spiro atoms. The molecule has 22 heavy (non-hydrogen) atoms. The number of ether oxygens (including phenoxy) is 1. The topological polar surface area (TPSA) is 26.3 Å². The molecule has 0 aliphatic heterocycles. The summed E-state index contributed by atoms with van der Waals surface area (Å²) in [5.74, 6) is 1.22. The molecule has 130 valence electrons. The Morgan fingerprint density at radius 3 is 2.14 bits per heavy atom. The summed E-state index contributed by atoms with van der Waals surface area (Å²) >= 11 is 5.60. The van der Waals surface area contributed by atoms with E-state index in [-0.39, 0.29) is 16.8 Å². The molecule has 1 rings (SSSR count). The summed E-state index contributed by atoms with van der Waals surface area (Å²) in [4.78, 5) is 11.4. The summed E-state index contributed by atoms with van der Waals surface area (Å²) in [7, 11) is 0. The van der Waals surface area contributed by atoms with Crippen LogP contribution in [0.2, 0.25) is 0 Å². The minimum Gasteiger partial charge on any atom is -0.366 e. The molecule has 1 aliphatic carbocycles. The molecule has 3 heteroatoms. The second kappa shape index (κ2) is 7.66. The van der Waals surface area contributed by atoms with Gasteiger partial charge in [-0.2, -0.15) is 0 Å². The van der Waals surface area contributed by atoms with Crippen molar-refractivity contribution < 1.29 is 9.53 Å². The maximum atomic E-state index is 11.4. The van der Waals surface area contributed by atoms with Gasteiger partial charge >= 0.3 is 0 Å². The van der Waals surface area contributed by atoms with Crippen LogP contribution in [0.1, 0.15) is 80.6 Å². The molecule has 0 aromatic rings. The van der Waals surface area contributed by atoms with Crippen molar-refractivity contribution >= 4 is 16.8 Å². The van der Waals surface area contributed by atoms with Crippen LogP contribution in [0.15, 0.2) is 0 Å². The molecule has 0 N–H and O–H groups in total. The molecule has 1 saturated carbocycles. The standard InChI is InChI=1S/C19H35ClO2/c1-8-18(4,5)14-10-11-16(22-13(3)17(20)21)15(12-14)19(6,7)9-2/h13-16H,8-12H2,1-7H3. The number of halogens is 1. The molecule has 4 atom stereocenters. The molecule has 0 aromatic heterocycles. The Morgan fingerprint density at radius 1 is 1.14 bits per heavy atom. The lowest BCUT2D eigenvalue weighted by Gasteiger charge is -2.48. The van der Waals surface area contributed by atoms with E-state index in [1.807, 2.05) is 0 Å². The highest BCUT2D eigenvalue weighted by molar-refractivity contribution is 6.64. The zero-order valence-corrected chi connectivity index (χ0v) is 16.3. The highest BCUT2D eigenvalue weighted by atomic mass is 35.5. The van der Waals surface area contributed by atoms with Gasteiger partial charge in [0.1, 0.15) is 6.10 Å². The van der Waals surface area contributed by atoms with E-state index in [1.165, 1.54) is 19.3 Å². The van der Waals surface area contributed by atoms with E-state index in [9.17, 15) is 4.79 Å². The van der Waals surface area contributed by atoms with Crippen molar-refractivity contribution in [1.29, 1.82) is 0 Å². The van der Waals surface area contributed by atoms with Crippen LogP contribution in [0.4, 0.5) is 0 Å². The Labute approximate surface area is 142 Å². The Morgan fingerprint density at radius 2 is 1.68 bits per heavy atom. The predicted octanol–water partition coefficient (Wildman–Crippen LogP) is 5.81. The number of hydrogen-bond donors (Lipinski definition) is 0. The zero-order valence-electron chi connectivity index (χ0n) is 15.5. The Hall–Kier alpha value is -0.0800. The molecule has 0 bridgehead atoms. The van der Waals surface area contributed by atoms with Gasteiger partial charge in [0.2, 0.25) is 5.24 Å². The van der Waals surface area contributed by atoms with Gasteiger partial charge in [-0.25, -0.2) is 0 Å². The monoisotopic (exact) mass is 330 g/mol. The van der Waals surface area contributed by atoms with Crippen LogP contribution in [0, 0.1) is 22.7 Å². The van der Waals surface area contributed by atoms with Crippen LogP contribution in [-0.4, -0.2) is 17.5 Å². The quantitative estimate of drug-likeness (QED) is 0.550. The van der Waals surface area contributed by atoms with Gasteiger partial charge < -0.3 is 4.74 Å². The van der Waals surface area contributed by atoms with Gasteiger partial charge in [0.25, 0.3) is 0 Å². The molecule has 4 unspecified atom stereocenters. The second-order valence-electron chi connectivity index (χ2n) is 8.42. The Kier molecular flexibility index (Phi) is 6.95. The summed E-state index contributed by atoms with van der Waals surface area (Å²) < 4.78 is 6.07. The average Bonchev–Trinajstić information content (AvgIpc) is 2.47. The SMILES string of the molecule is CCC(C)(C)C1CCC(OC(C)C(=O)Cl)C(C(C)(C)CC)C1. The predicted molar refractivity (Wildman–Crippen MR) is 94.2 cm³/mol. The van der Waals surface area contributed by atoms with Gasteiger partial charge in [0.05, 0.1) is 6.10 Å². The maximum Gasteiger partial charge on any atom is 0.250 e. The van der Waals surface area contributed by atoms with Crippen LogP contribution in [-0.2, 0) is 9.53 Å². The van der Waals surface area contributed by atoms with Crippen LogP contribution >= 0.6 is 11.6 Å². The van der Waals surface area contributed by atoms with Gasteiger partial charge in [-0.05, 0) is 60.5 Å². The normalized spacial score (nSPS) is 28.5. The molecule has 0 aromatic carbocycles. The fraction of sp³-hybridized carbons (Fsp3) is 0.947. The lowest BCUT2D eigenvalue weighted by atomic mass is 9.60. The molecule has 2 nitrogen and oxygen atoms in total. The van der Waals surface area contributed by atoms with E-state index in [0.717, 1.165) is 18.8 Å². The first-order chi connectivity index (χ1) is 10.0. The van der Waals surface area contributed by atoms with Crippen LogP contribution in [0.3, 0.4) is 0 Å². The summed E-state index contributed by atoms with van der Waals surface area (Å²) in [6.45, 7) is 15.8.